The highest BCUT2D eigenvalue weighted by atomic mass is 16.5. The topological polar surface area (TPSA) is 64.1 Å². The van der Waals surface area contributed by atoms with Crippen LogP contribution in [0.15, 0.2) is 23.2 Å². The third kappa shape index (κ3) is 3.75. The summed E-state index contributed by atoms with van der Waals surface area (Å²) in [5.74, 6) is 2.55. The second kappa shape index (κ2) is 7.75. The van der Waals surface area contributed by atoms with Crippen LogP contribution in [0.1, 0.15) is 24.8 Å². The summed E-state index contributed by atoms with van der Waals surface area (Å²) in [6.45, 7) is 0.769. The Morgan fingerprint density at radius 2 is 2.17 bits per heavy atom. The SMILES string of the molecule is CN=C(NCCc1cc(OC)ccc1OC)NC1CC2CCC1O2. The van der Waals surface area contributed by atoms with Crippen LogP contribution >= 0.6 is 0 Å². The van der Waals surface area contributed by atoms with Gasteiger partial charge in [-0.1, -0.05) is 0 Å². The molecule has 2 aliphatic rings. The van der Waals surface area contributed by atoms with E-state index in [1.807, 2.05) is 18.2 Å². The molecule has 6 heteroatoms. The van der Waals surface area contributed by atoms with Gasteiger partial charge in [-0.3, -0.25) is 4.99 Å². The van der Waals surface area contributed by atoms with Crippen molar-refractivity contribution in [2.45, 2.75) is 43.9 Å². The van der Waals surface area contributed by atoms with Crippen LogP contribution in [0, 0.1) is 0 Å². The molecule has 0 radical (unpaired) electrons. The Morgan fingerprint density at radius 1 is 1.29 bits per heavy atom. The van der Waals surface area contributed by atoms with E-state index in [2.05, 4.69) is 15.6 Å². The summed E-state index contributed by atoms with van der Waals surface area (Å²) in [6, 6.07) is 6.24. The molecule has 0 aliphatic carbocycles. The molecule has 2 aliphatic heterocycles. The second-order valence-electron chi connectivity index (χ2n) is 6.29. The Kier molecular flexibility index (Phi) is 5.45. The summed E-state index contributed by atoms with van der Waals surface area (Å²) >= 11 is 0. The molecule has 2 heterocycles. The van der Waals surface area contributed by atoms with E-state index in [0.29, 0.717) is 18.2 Å². The summed E-state index contributed by atoms with van der Waals surface area (Å²) in [6.07, 6.45) is 5.03. The summed E-state index contributed by atoms with van der Waals surface area (Å²) in [7, 11) is 5.16. The first-order chi connectivity index (χ1) is 11.7. The van der Waals surface area contributed by atoms with E-state index in [-0.39, 0.29) is 0 Å². The van der Waals surface area contributed by atoms with Gasteiger partial charge in [0, 0.05) is 13.6 Å². The number of nitrogens with one attached hydrogen (secondary N) is 2. The lowest BCUT2D eigenvalue weighted by Gasteiger charge is -2.22. The van der Waals surface area contributed by atoms with Crippen molar-refractivity contribution in [2.75, 3.05) is 27.8 Å². The number of fused-ring (bicyclic) bond motifs is 2. The van der Waals surface area contributed by atoms with Gasteiger partial charge in [0.1, 0.15) is 11.5 Å². The zero-order valence-corrected chi connectivity index (χ0v) is 14.7. The van der Waals surface area contributed by atoms with Gasteiger partial charge in [-0.25, -0.2) is 0 Å². The maximum Gasteiger partial charge on any atom is 0.191 e. The quantitative estimate of drug-likeness (QED) is 0.613. The van der Waals surface area contributed by atoms with Crippen LogP contribution in [0.3, 0.4) is 0 Å². The molecule has 132 valence electrons. The Hall–Kier alpha value is -1.95. The summed E-state index contributed by atoms with van der Waals surface area (Å²) < 4.78 is 16.6. The fourth-order valence-electron chi connectivity index (χ4n) is 3.55. The molecular weight excluding hydrogens is 306 g/mol. The lowest BCUT2D eigenvalue weighted by Crippen LogP contribution is -2.47. The molecule has 2 bridgehead atoms. The van der Waals surface area contributed by atoms with E-state index >= 15 is 0 Å². The number of nitrogens with zero attached hydrogens (tertiary/aromatic N) is 1. The second-order valence-corrected chi connectivity index (χ2v) is 6.29. The normalized spacial score (nSPS) is 25.6. The molecule has 2 N–H and O–H groups in total. The molecule has 3 unspecified atom stereocenters. The van der Waals surface area contributed by atoms with E-state index in [1.165, 1.54) is 6.42 Å². The summed E-state index contributed by atoms with van der Waals surface area (Å²) in [4.78, 5) is 4.33. The fourth-order valence-corrected chi connectivity index (χ4v) is 3.55. The number of rotatable bonds is 6. The van der Waals surface area contributed by atoms with Crippen molar-refractivity contribution in [2.24, 2.45) is 4.99 Å². The zero-order chi connectivity index (χ0) is 16.9. The predicted octanol–water partition coefficient (Wildman–Crippen LogP) is 1.73. The summed E-state index contributed by atoms with van der Waals surface area (Å²) in [5.41, 5.74) is 1.11. The van der Waals surface area contributed by atoms with Gasteiger partial charge in [-0.05, 0) is 49.4 Å². The largest absolute Gasteiger partial charge is 0.497 e. The van der Waals surface area contributed by atoms with Gasteiger partial charge in [-0.2, -0.15) is 0 Å². The van der Waals surface area contributed by atoms with Crippen molar-refractivity contribution >= 4 is 5.96 Å². The van der Waals surface area contributed by atoms with Gasteiger partial charge in [0.25, 0.3) is 0 Å². The third-order valence-electron chi connectivity index (χ3n) is 4.83. The molecular formula is C18H27N3O3. The van der Waals surface area contributed by atoms with Crippen LogP contribution < -0.4 is 20.1 Å². The van der Waals surface area contributed by atoms with Crippen LogP contribution in [-0.2, 0) is 11.2 Å². The highest BCUT2D eigenvalue weighted by Gasteiger charge is 2.41. The molecule has 0 aromatic heterocycles. The zero-order valence-electron chi connectivity index (χ0n) is 14.7. The molecule has 1 aromatic rings. The van der Waals surface area contributed by atoms with E-state index in [4.69, 9.17) is 14.2 Å². The number of hydrogen-bond acceptors (Lipinski definition) is 4. The van der Waals surface area contributed by atoms with Gasteiger partial charge in [0.2, 0.25) is 0 Å². The standard InChI is InChI=1S/C18H27N3O3/c1-19-18(21-15-11-14-5-7-17(15)24-14)20-9-8-12-10-13(22-2)4-6-16(12)23-3/h4,6,10,14-15,17H,5,7-9,11H2,1-3H3,(H2,19,20,21). The van der Waals surface area contributed by atoms with E-state index in [9.17, 15) is 0 Å². The lowest BCUT2D eigenvalue weighted by molar-refractivity contribution is 0.0992. The Morgan fingerprint density at radius 3 is 2.79 bits per heavy atom. The molecule has 3 atom stereocenters. The Balaban J connectivity index is 1.51. The van der Waals surface area contributed by atoms with Gasteiger partial charge >= 0.3 is 0 Å². The number of ether oxygens (including phenoxy) is 3. The maximum absolute atomic E-state index is 5.88. The predicted molar refractivity (Wildman–Crippen MR) is 94.0 cm³/mol. The smallest absolute Gasteiger partial charge is 0.191 e. The molecule has 24 heavy (non-hydrogen) atoms. The van der Waals surface area contributed by atoms with E-state index in [0.717, 1.165) is 48.8 Å². The first kappa shape index (κ1) is 16.9. The molecule has 2 fully saturated rings. The van der Waals surface area contributed by atoms with Crippen molar-refractivity contribution in [3.8, 4) is 11.5 Å². The van der Waals surface area contributed by atoms with Gasteiger partial charge in [0.15, 0.2) is 5.96 Å². The lowest BCUT2D eigenvalue weighted by atomic mass is 9.96. The van der Waals surface area contributed by atoms with Crippen LogP contribution in [-0.4, -0.2) is 52.0 Å². The average molecular weight is 333 g/mol. The first-order valence-electron chi connectivity index (χ1n) is 8.57. The maximum atomic E-state index is 5.88. The average Bonchev–Trinajstić information content (AvgIpc) is 3.23. The van der Waals surface area contributed by atoms with E-state index in [1.54, 1.807) is 21.3 Å². The van der Waals surface area contributed by atoms with Crippen molar-refractivity contribution < 1.29 is 14.2 Å². The van der Waals surface area contributed by atoms with Gasteiger partial charge in [0.05, 0.1) is 32.5 Å². The molecule has 0 saturated carbocycles. The first-order valence-corrected chi connectivity index (χ1v) is 8.57. The minimum atomic E-state index is 0.340. The van der Waals surface area contributed by atoms with Gasteiger partial charge < -0.3 is 24.8 Å². The Labute approximate surface area is 143 Å². The highest BCUT2D eigenvalue weighted by molar-refractivity contribution is 5.80. The fraction of sp³-hybridized carbons (Fsp3) is 0.611. The molecule has 2 saturated heterocycles. The van der Waals surface area contributed by atoms with Crippen molar-refractivity contribution in [3.05, 3.63) is 23.8 Å². The minimum Gasteiger partial charge on any atom is -0.497 e. The molecule has 6 nitrogen and oxygen atoms in total. The Bertz CT molecular complexity index is 591. The number of methoxy groups -OCH3 is 2. The van der Waals surface area contributed by atoms with E-state index < -0.39 is 0 Å². The highest BCUT2D eigenvalue weighted by Crippen LogP contribution is 2.34. The molecule has 0 amide bonds. The number of guanidine groups is 1. The molecule has 3 rings (SSSR count). The van der Waals surface area contributed by atoms with Crippen LogP contribution in [0.4, 0.5) is 0 Å². The number of benzene rings is 1. The van der Waals surface area contributed by atoms with Gasteiger partial charge in [-0.15, -0.1) is 0 Å². The monoisotopic (exact) mass is 333 g/mol. The van der Waals surface area contributed by atoms with Crippen LogP contribution in [0.2, 0.25) is 0 Å². The summed E-state index contributed by atoms with van der Waals surface area (Å²) in [5, 5.41) is 6.87. The van der Waals surface area contributed by atoms with Crippen molar-refractivity contribution in [1.82, 2.24) is 10.6 Å². The van der Waals surface area contributed by atoms with Crippen LogP contribution in [0.5, 0.6) is 11.5 Å². The minimum absolute atomic E-state index is 0.340. The van der Waals surface area contributed by atoms with Crippen LogP contribution in [0.25, 0.3) is 0 Å². The van der Waals surface area contributed by atoms with Crippen molar-refractivity contribution in [1.29, 1.82) is 0 Å². The molecule has 0 spiro atoms. The van der Waals surface area contributed by atoms with Crippen molar-refractivity contribution in [3.63, 3.8) is 0 Å². The number of aliphatic imine (C=N–C) groups is 1. The third-order valence-corrected chi connectivity index (χ3v) is 4.83. The number of hydrogen-bond donors (Lipinski definition) is 2. The molecule has 1 aromatic carbocycles.